The average Bonchev–Trinajstić information content (AvgIpc) is 3.42. The van der Waals surface area contributed by atoms with Crippen LogP contribution < -0.4 is 10.2 Å². The summed E-state index contributed by atoms with van der Waals surface area (Å²) in [6.07, 6.45) is 6.77. The van der Waals surface area contributed by atoms with E-state index in [1.54, 1.807) is 0 Å². The van der Waals surface area contributed by atoms with Crippen LogP contribution >= 0.6 is 0 Å². The van der Waals surface area contributed by atoms with E-state index in [9.17, 15) is 4.79 Å². The van der Waals surface area contributed by atoms with Gasteiger partial charge in [-0.1, -0.05) is 13.8 Å². The van der Waals surface area contributed by atoms with Crippen LogP contribution in [0.15, 0.2) is 30.5 Å². The third kappa shape index (κ3) is 4.13. The lowest BCUT2D eigenvalue weighted by Crippen LogP contribution is -2.47. The fraction of sp³-hybridized carbons (Fsp3) is 0.591. The van der Waals surface area contributed by atoms with Crippen molar-refractivity contribution in [3.8, 4) is 0 Å². The lowest BCUT2D eigenvalue weighted by atomic mass is 10.1. The highest BCUT2D eigenvalue weighted by atomic mass is 16.1. The predicted molar refractivity (Wildman–Crippen MR) is 111 cm³/mol. The molecule has 1 aliphatic carbocycles. The van der Waals surface area contributed by atoms with Crippen molar-refractivity contribution in [3.05, 3.63) is 36.0 Å². The number of pyridine rings is 1. The molecule has 27 heavy (non-hydrogen) atoms. The molecule has 0 unspecified atom stereocenters. The Morgan fingerprint density at radius 3 is 2.44 bits per heavy atom. The maximum absolute atomic E-state index is 12.6. The van der Waals surface area contributed by atoms with Crippen molar-refractivity contribution in [1.29, 1.82) is 0 Å². The van der Waals surface area contributed by atoms with Gasteiger partial charge in [-0.2, -0.15) is 0 Å². The van der Waals surface area contributed by atoms with E-state index in [0.29, 0.717) is 0 Å². The van der Waals surface area contributed by atoms with Crippen LogP contribution in [-0.4, -0.2) is 54.0 Å². The molecule has 4 rings (SSSR count). The summed E-state index contributed by atoms with van der Waals surface area (Å²) in [5.74, 6) is 2.19. The van der Waals surface area contributed by atoms with Crippen LogP contribution in [0.3, 0.4) is 0 Å². The van der Waals surface area contributed by atoms with Crippen molar-refractivity contribution in [2.75, 3.05) is 37.6 Å². The van der Waals surface area contributed by atoms with Crippen LogP contribution in [0.25, 0.3) is 5.52 Å². The number of carbonyl (C=O) groups is 1. The second-order valence-corrected chi connectivity index (χ2v) is 8.12. The Balaban J connectivity index is 1.48. The predicted octanol–water partition coefficient (Wildman–Crippen LogP) is 3.39. The number of carbonyl (C=O) groups excluding carboxylic acids is 1. The SMILES string of the molecule is CCC(CC)NC(=O)c1ccc2ccc(N3CCN(CC4CC4)CC3)n2c1. The van der Waals surface area contributed by atoms with E-state index >= 15 is 0 Å². The van der Waals surface area contributed by atoms with E-state index in [2.05, 4.69) is 51.6 Å². The second kappa shape index (κ2) is 7.93. The summed E-state index contributed by atoms with van der Waals surface area (Å²) in [6, 6.07) is 8.57. The highest BCUT2D eigenvalue weighted by Gasteiger charge is 2.27. The summed E-state index contributed by atoms with van der Waals surface area (Å²) >= 11 is 0. The number of nitrogens with zero attached hydrogens (tertiary/aromatic N) is 3. The van der Waals surface area contributed by atoms with Crippen molar-refractivity contribution in [3.63, 3.8) is 0 Å². The molecule has 1 saturated heterocycles. The van der Waals surface area contributed by atoms with Gasteiger partial charge in [0.25, 0.3) is 5.91 Å². The number of amides is 1. The van der Waals surface area contributed by atoms with Gasteiger partial charge in [0, 0.05) is 50.5 Å². The van der Waals surface area contributed by atoms with E-state index in [-0.39, 0.29) is 11.9 Å². The van der Waals surface area contributed by atoms with Crippen LogP contribution in [0.1, 0.15) is 49.9 Å². The van der Waals surface area contributed by atoms with E-state index in [4.69, 9.17) is 0 Å². The highest BCUT2D eigenvalue weighted by Crippen LogP contribution is 2.30. The lowest BCUT2D eigenvalue weighted by Gasteiger charge is -2.35. The molecule has 3 heterocycles. The minimum Gasteiger partial charge on any atom is -0.355 e. The molecule has 1 amide bonds. The standard InChI is InChI=1S/C22H32N4O/c1-3-19(4-2)23-22(27)18-7-8-20-9-10-21(26(20)16-18)25-13-11-24(12-14-25)15-17-5-6-17/h7-10,16-17,19H,3-6,11-15H2,1-2H3,(H,23,27). The van der Waals surface area contributed by atoms with Gasteiger partial charge in [-0.15, -0.1) is 0 Å². The number of nitrogens with one attached hydrogen (secondary N) is 1. The Bertz CT molecular complexity index is 783. The third-order valence-corrected chi connectivity index (χ3v) is 6.12. The molecule has 1 aliphatic heterocycles. The smallest absolute Gasteiger partial charge is 0.252 e. The zero-order valence-electron chi connectivity index (χ0n) is 16.7. The summed E-state index contributed by atoms with van der Waals surface area (Å²) in [5, 5.41) is 3.15. The van der Waals surface area contributed by atoms with Crippen molar-refractivity contribution in [2.45, 2.75) is 45.6 Å². The van der Waals surface area contributed by atoms with E-state index in [1.807, 2.05) is 12.3 Å². The van der Waals surface area contributed by atoms with Gasteiger partial charge >= 0.3 is 0 Å². The number of hydrogen-bond donors (Lipinski definition) is 1. The Labute approximate surface area is 162 Å². The van der Waals surface area contributed by atoms with Gasteiger partial charge in [0.2, 0.25) is 0 Å². The van der Waals surface area contributed by atoms with E-state index in [1.165, 1.54) is 25.2 Å². The molecule has 2 aliphatic rings. The number of piperazine rings is 1. The second-order valence-electron chi connectivity index (χ2n) is 8.12. The molecule has 2 aromatic rings. The molecule has 0 bridgehead atoms. The molecule has 146 valence electrons. The van der Waals surface area contributed by atoms with E-state index in [0.717, 1.165) is 56.0 Å². The topological polar surface area (TPSA) is 40.0 Å². The van der Waals surface area contributed by atoms with Gasteiger partial charge < -0.3 is 14.6 Å². The molecular formula is C22H32N4O. The molecule has 0 radical (unpaired) electrons. The monoisotopic (exact) mass is 368 g/mol. The van der Waals surface area contributed by atoms with E-state index < -0.39 is 0 Å². The Morgan fingerprint density at radius 2 is 1.78 bits per heavy atom. The zero-order valence-corrected chi connectivity index (χ0v) is 16.7. The number of hydrogen-bond acceptors (Lipinski definition) is 3. The van der Waals surface area contributed by atoms with Crippen LogP contribution in [0.4, 0.5) is 5.82 Å². The van der Waals surface area contributed by atoms with Crippen LogP contribution in [-0.2, 0) is 0 Å². The number of aromatic nitrogens is 1. The summed E-state index contributed by atoms with van der Waals surface area (Å²) in [6.45, 7) is 9.90. The van der Waals surface area contributed by atoms with Crippen LogP contribution in [0.2, 0.25) is 0 Å². The summed E-state index contributed by atoms with van der Waals surface area (Å²) in [7, 11) is 0. The van der Waals surface area contributed by atoms with Crippen molar-refractivity contribution < 1.29 is 4.79 Å². The summed E-state index contributed by atoms with van der Waals surface area (Å²) in [5.41, 5.74) is 1.88. The van der Waals surface area contributed by atoms with Crippen molar-refractivity contribution >= 4 is 17.2 Å². The van der Waals surface area contributed by atoms with Gasteiger partial charge in [0.05, 0.1) is 5.56 Å². The quantitative estimate of drug-likeness (QED) is 0.814. The minimum absolute atomic E-state index is 0.0273. The first-order valence-corrected chi connectivity index (χ1v) is 10.6. The first-order valence-electron chi connectivity index (χ1n) is 10.6. The molecule has 0 spiro atoms. The number of anilines is 1. The van der Waals surface area contributed by atoms with Gasteiger partial charge in [-0.05, 0) is 55.9 Å². The third-order valence-electron chi connectivity index (χ3n) is 6.12. The highest BCUT2D eigenvalue weighted by molar-refractivity contribution is 5.94. The first-order chi connectivity index (χ1) is 13.2. The zero-order chi connectivity index (χ0) is 18.8. The molecule has 5 heteroatoms. The fourth-order valence-corrected chi connectivity index (χ4v) is 4.07. The Kier molecular flexibility index (Phi) is 5.39. The van der Waals surface area contributed by atoms with Crippen molar-refractivity contribution in [2.24, 2.45) is 5.92 Å². The van der Waals surface area contributed by atoms with Gasteiger partial charge in [-0.25, -0.2) is 0 Å². The largest absolute Gasteiger partial charge is 0.355 e. The maximum Gasteiger partial charge on any atom is 0.252 e. The van der Waals surface area contributed by atoms with Gasteiger partial charge in [-0.3, -0.25) is 9.69 Å². The van der Waals surface area contributed by atoms with Crippen molar-refractivity contribution in [1.82, 2.24) is 14.6 Å². The Hall–Kier alpha value is -2.01. The molecule has 2 fully saturated rings. The summed E-state index contributed by atoms with van der Waals surface area (Å²) in [4.78, 5) is 17.7. The number of rotatable bonds is 7. The molecule has 1 saturated carbocycles. The van der Waals surface area contributed by atoms with Crippen LogP contribution in [0.5, 0.6) is 0 Å². The molecule has 5 nitrogen and oxygen atoms in total. The molecule has 1 N–H and O–H groups in total. The fourth-order valence-electron chi connectivity index (χ4n) is 4.07. The van der Waals surface area contributed by atoms with Gasteiger partial charge in [0.15, 0.2) is 0 Å². The lowest BCUT2D eigenvalue weighted by molar-refractivity contribution is 0.0934. The van der Waals surface area contributed by atoms with Gasteiger partial charge in [0.1, 0.15) is 5.82 Å². The molecular weight excluding hydrogens is 336 g/mol. The first kappa shape index (κ1) is 18.4. The van der Waals surface area contributed by atoms with Crippen LogP contribution in [0, 0.1) is 5.92 Å². The summed E-state index contributed by atoms with van der Waals surface area (Å²) < 4.78 is 2.18. The molecule has 0 atom stereocenters. The number of fused-ring (bicyclic) bond motifs is 1. The molecule has 0 aromatic carbocycles. The minimum atomic E-state index is 0.0273. The average molecular weight is 369 g/mol. The molecule has 2 aromatic heterocycles. The maximum atomic E-state index is 12.6. The normalized spacial score (nSPS) is 18.4. The Morgan fingerprint density at radius 1 is 1.07 bits per heavy atom.